The average molecular weight is 124 g/mol. The van der Waals surface area contributed by atoms with Crippen LogP contribution in [0.15, 0.2) is 11.6 Å². The topological polar surface area (TPSA) is 0 Å². The van der Waals surface area contributed by atoms with E-state index in [9.17, 15) is 0 Å². The van der Waals surface area contributed by atoms with Gasteiger partial charge < -0.3 is 0 Å². The Kier molecular flexibility index (Phi) is 2.32. The number of allylic oxidation sites excluding steroid dienone is 2. The van der Waals surface area contributed by atoms with E-state index in [1.165, 1.54) is 25.7 Å². The first-order valence-electron chi connectivity index (χ1n) is 3.97. The van der Waals surface area contributed by atoms with E-state index < -0.39 is 0 Å². The summed E-state index contributed by atoms with van der Waals surface area (Å²) in [4.78, 5) is 0. The molecule has 1 fully saturated rings. The molecule has 52 valence electrons. The molecule has 1 rings (SSSR count). The van der Waals surface area contributed by atoms with Gasteiger partial charge in [0.05, 0.1) is 0 Å². The molecule has 0 bridgehead atoms. The maximum absolute atomic E-state index is 2.35. The molecule has 0 nitrogen and oxygen atoms in total. The Morgan fingerprint density at radius 3 is 2.78 bits per heavy atom. The molecule has 1 aliphatic rings. The molecule has 0 aromatic rings. The van der Waals surface area contributed by atoms with Gasteiger partial charge in [-0.3, -0.25) is 0 Å². The lowest BCUT2D eigenvalue weighted by molar-refractivity contribution is 0.452. The molecule has 0 amide bonds. The van der Waals surface area contributed by atoms with E-state index in [-0.39, 0.29) is 0 Å². The zero-order chi connectivity index (χ0) is 6.69. The quantitative estimate of drug-likeness (QED) is 0.435. The number of hydrogen-bond acceptors (Lipinski definition) is 0. The van der Waals surface area contributed by atoms with Crippen LogP contribution in [0.2, 0.25) is 0 Å². The van der Waals surface area contributed by atoms with Crippen molar-refractivity contribution >= 4 is 0 Å². The molecular weight excluding hydrogens is 108 g/mol. The van der Waals surface area contributed by atoms with Gasteiger partial charge in [-0.15, -0.1) is 0 Å². The molecule has 0 heteroatoms. The first kappa shape index (κ1) is 6.85. The van der Waals surface area contributed by atoms with E-state index in [0.29, 0.717) is 0 Å². The molecular formula is C9H16. The largest absolute Gasteiger partial charge is 0.0884 e. The summed E-state index contributed by atoms with van der Waals surface area (Å²) >= 11 is 0. The molecule has 1 saturated carbocycles. The number of rotatable bonds is 0. The predicted octanol–water partition coefficient (Wildman–Crippen LogP) is 3.14. The molecule has 1 atom stereocenters. The molecule has 0 N–H and O–H groups in total. The highest BCUT2D eigenvalue weighted by molar-refractivity contribution is 5.03. The van der Waals surface area contributed by atoms with Gasteiger partial charge >= 0.3 is 0 Å². The van der Waals surface area contributed by atoms with E-state index in [1.807, 2.05) is 0 Å². The Morgan fingerprint density at radius 2 is 2.33 bits per heavy atom. The molecule has 0 saturated heterocycles. The first-order valence-corrected chi connectivity index (χ1v) is 3.97. The van der Waals surface area contributed by atoms with E-state index in [2.05, 4.69) is 19.9 Å². The maximum atomic E-state index is 2.35. The standard InChI is InChI=1S/C9H16/c1-3-9-6-4-5-8(2)7-9/h3,8H,4-7H2,1-2H3/b9-3-. The molecule has 1 aliphatic carbocycles. The number of hydrogen-bond donors (Lipinski definition) is 0. The SMILES string of the molecule is C/C=C1/CCCC(C)C1. The Bertz CT molecular complexity index is 111. The van der Waals surface area contributed by atoms with Gasteiger partial charge in [0, 0.05) is 0 Å². The lowest BCUT2D eigenvalue weighted by atomic mass is 9.87. The summed E-state index contributed by atoms with van der Waals surface area (Å²) < 4.78 is 0. The second-order valence-electron chi connectivity index (χ2n) is 3.15. The van der Waals surface area contributed by atoms with Crippen LogP contribution in [0.3, 0.4) is 0 Å². The van der Waals surface area contributed by atoms with Gasteiger partial charge in [-0.1, -0.05) is 25.0 Å². The fourth-order valence-corrected chi connectivity index (χ4v) is 1.59. The van der Waals surface area contributed by atoms with Crippen molar-refractivity contribution in [2.24, 2.45) is 5.92 Å². The predicted molar refractivity (Wildman–Crippen MR) is 41.4 cm³/mol. The normalized spacial score (nSPS) is 33.1. The van der Waals surface area contributed by atoms with Crippen LogP contribution < -0.4 is 0 Å². The molecule has 0 radical (unpaired) electrons. The second-order valence-corrected chi connectivity index (χ2v) is 3.15. The first-order chi connectivity index (χ1) is 4.33. The molecule has 0 aliphatic heterocycles. The van der Waals surface area contributed by atoms with Gasteiger partial charge in [-0.2, -0.15) is 0 Å². The van der Waals surface area contributed by atoms with Gasteiger partial charge in [-0.25, -0.2) is 0 Å². The lowest BCUT2D eigenvalue weighted by Crippen LogP contribution is -2.03. The van der Waals surface area contributed by atoms with Crippen molar-refractivity contribution in [3.8, 4) is 0 Å². The van der Waals surface area contributed by atoms with Gasteiger partial charge in [-0.05, 0) is 32.1 Å². The van der Waals surface area contributed by atoms with Crippen molar-refractivity contribution in [2.45, 2.75) is 39.5 Å². The van der Waals surface area contributed by atoms with Crippen molar-refractivity contribution in [1.29, 1.82) is 0 Å². The van der Waals surface area contributed by atoms with Gasteiger partial charge in [0.1, 0.15) is 0 Å². The monoisotopic (exact) mass is 124 g/mol. The molecule has 1 unspecified atom stereocenters. The lowest BCUT2D eigenvalue weighted by Gasteiger charge is -2.19. The van der Waals surface area contributed by atoms with Crippen LogP contribution in [0, 0.1) is 5.92 Å². The van der Waals surface area contributed by atoms with Crippen molar-refractivity contribution in [2.75, 3.05) is 0 Å². The van der Waals surface area contributed by atoms with Crippen molar-refractivity contribution in [1.82, 2.24) is 0 Å². The maximum Gasteiger partial charge on any atom is -0.0295 e. The highest BCUT2D eigenvalue weighted by atomic mass is 14.2. The highest BCUT2D eigenvalue weighted by Gasteiger charge is 2.10. The van der Waals surface area contributed by atoms with Crippen LogP contribution in [0.1, 0.15) is 39.5 Å². The third-order valence-corrected chi connectivity index (χ3v) is 2.21. The van der Waals surface area contributed by atoms with Crippen LogP contribution in [0.25, 0.3) is 0 Å². The van der Waals surface area contributed by atoms with E-state index in [1.54, 1.807) is 5.57 Å². The Labute approximate surface area is 58.0 Å². The summed E-state index contributed by atoms with van der Waals surface area (Å²) in [6.45, 7) is 4.51. The summed E-state index contributed by atoms with van der Waals surface area (Å²) in [5.41, 5.74) is 1.67. The molecule has 0 aromatic carbocycles. The van der Waals surface area contributed by atoms with E-state index in [4.69, 9.17) is 0 Å². The molecule has 0 spiro atoms. The zero-order valence-corrected chi connectivity index (χ0v) is 6.48. The summed E-state index contributed by atoms with van der Waals surface area (Å²) in [5.74, 6) is 0.949. The molecule has 9 heavy (non-hydrogen) atoms. The third kappa shape index (κ3) is 1.85. The van der Waals surface area contributed by atoms with Crippen LogP contribution in [-0.4, -0.2) is 0 Å². The minimum Gasteiger partial charge on any atom is -0.0884 e. The summed E-state index contributed by atoms with van der Waals surface area (Å²) in [6.07, 6.45) is 7.87. The molecule has 0 aromatic heterocycles. The smallest absolute Gasteiger partial charge is 0.0295 e. The zero-order valence-electron chi connectivity index (χ0n) is 6.48. The Hall–Kier alpha value is -0.260. The summed E-state index contributed by atoms with van der Waals surface area (Å²) in [6, 6.07) is 0. The third-order valence-electron chi connectivity index (χ3n) is 2.21. The minimum absolute atomic E-state index is 0.949. The van der Waals surface area contributed by atoms with Crippen LogP contribution >= 0.6 is 0 Å². The fraction of sp³-hybridized carbons (Fsp3) is 0.778. The van der Waals surface area contributed by atoms with Gasteiger partial charge in [0.15, 0.2) is 0 Å². The summed E-state index contributed by atoms with van der Waals surface area (Å²) in [5, 5.41) is 0. The van der Waals surface area contributed by atoms with E-state index in [0.717, 1.165) is 5.92 Å². The Morgan fingerprint density at radius 1 is 1.56 bits per heavy atom. The highest BCUT2D eigenvalue weighted by Crippen LogP contribution is 2.27. The van der Waals surface area contributed by atoms with Crippen LogP contribution in [-0.2, 0) is 0 Å². The summed E-state index contributed by atoms with van der Waals surface area (Å²) in [7, 11) is 0. The Balaban J connectivity index is 2.41. The van der Waals surface area contributed by atoms with Crippen molar-refractivity contribution in [3.63, 3.8) is 0 Å². The van der Waals surface area contributed by atoms with Crippen molar-refractivity contribution < 1.29 is 0 Å². The second kappa shape index (κ2) is 3.05. The van der Waals surface area contributed by atoms with Gasteiger partial charge in [0.2, 0.25) is 0 Å². The van der Waals surface area contributed by atoms with Gasteiger partial charge in [0.25, 0.3) is 0 Å². The molecule has 0 heterocycles. The average Bonchev–Trinajstić information content (AvgIpc) is 1.88. The van der Waals surface area contributed by atoms with Crippen LogP contribution in [0.5, 0.6) is 0 Å². The minimum atomic E-state index is 0.949. The van der Waals surface area contributed by atoms with Crippen LogP contribution in [0.4, 0.5) is 0 Å². The van der Waals surface area contributed by atoms with E-state index >= 15 is 0 Å². The van der Waals surface area contributed by atoms with Crippen molar-refractivity contribution in [3.05, 3.63) is 11.6 Å². The fourth-order valence-electron chi connectivity index (χ4n) is 1.59.